The van der Waals surface area contributed by atoms with Gasteiger partial charge in [-0.15, -0.1) is 0 Å². The monoisotopic (exact) mass is 784 g/mol. The van der Waals surface area contributed by atoms with Crippen LogP contribution in [-0.2, 0) is 20.2 Å². The Bertz CT molecular complexity index is 2470. The van der Waals surface area contributed by atoms with E-state index in [1.54, 1.807) is 84.9 Å². The number of benzene rings is 6. The summed E-state index contributed by atoms with van der Waals surface area (Å²) in [6.45, 7) is 0. The maximum atomic E-state index is 12.5. The van der Waals surface area contributed by atoms with Crippen LogP contribution in [-0.4, -0.2) is 60.3 Å². The summed E-state index contributed by atoms with van der Waals surface area (Å²) >= 11 is 0. The number of hydrogen-bond acceptors (Lipinski definition) is 8. The lowest BCUT2D eigenvalue weighted by molar-refractivity contribution is 0.424. The summed E-state index contributed by atoms with van der Waals surface area (Å²) in [5.41, 5.74) is 6.70. The minimum atomic E-state index is -4.72. The fourth-order valence-corrected chi connectivity index (χ4v) is 7.27. The molecule has 0 aliphatic heterocycles. The highest BCUT2D eigenvalue weighted by Gasteiger charge is 2.18. The summed E-state index contributed by atoms with van der Waals surface area (Å²) in [5, 5.41) is 37.1. The minimum absolute atomic E-state index is 0.0893. The van der Waals surface area contributed by atoms with Gasteiger partial charge in [0.1, 0.15) is 9.79 Å². The van der Waals surface area contributed by atoms with Gasteiger partial charge < -0.3 is 20.1 Å². The maximum absolute atomic E-state index is 12.5. The van der Waals surface area contributed by atoms with Gasteiger partial charge in [-0.25, -0.2) is 0 Å². The van der Waals surface area contributed by atoms with Crippen molar-refractivity contribution < 1.29 is 46.0 Å². The van der Waals surface area contributed by atoms with E-state index >= 15 is 0 Å². The van der Waals surface area contributed by atoms with Crippen LogP contribution in [0.4, 0.5) is 0 Å². The molecule has 6 aromatic carbocycles. The second-order valence-electron chi connectivity index (χ2n) is 12.8. The molecule has 0 aromatic heterocycles. The highest BCUT2D eigenvalue weighted by Crippen LogP contribution is 2.30. The van der Waals surface area contributed by atoms with Crippen LogP contribution in [0.3, 0.4) is 0 Å². The third-order valence-electron chi connectivity index (χ3n) is 8.92. The Morgan fingerprint density at radius 1 is 0.357 bits per heavy atom. The molecular formula is C42H34B2O10S2. The Labute approximate surface area is 325 Å². The first-order valence-electron chi connectivity index (χ1n) is 17.0. The van der Waals surface area contributed by atoms with Crippen molar-refractivity contribution in [1.82, 2.24) is 0 Å². The lowest BCUT2D eigenvalue weighted by Crippen LogP contribution is -2.29. The summed E-state index contributed by atoms with van der Waals surface area (Å²) in [6.07, 6.45) is 10.1. The maximum Gasteiger partial charge on any atom is 0.488 e. The van der Waals surface area contributed by atoms with Crippen molar-refractivity contribution in [1.29, 1.82) is 0 Å². The molecule has 0 atom stereocenters. The predicted octanol–water partition coefficient (Wildman–Crippen LogP) is 5.38. The van der Waals surface area contributed by atoms with Gasteiger partial charge in [-0.1, -0.05) is 158 Å². The third kappa shape index (κ3) is 10.1. The van der Waals surface area contributed by atoms with E-state index in [9.17, 15) is 46.0 Å². The van der Waals surface area contributed by atoms with E-state index in [1.165, 1.54) is 36.4 Å². The van der Waals surface area contributed by atoms with Gasteiger partial charge in [0.15, 0.2) is 0 Å². The smallest absolute Gasteiger partial charge is 0.423 e. The van der Waals surface area contributed by atoms with Gasteiger partial charge in [0.05, 0.1) is 0 Å². The van der Waals surface area contributed by atoms with Crippen LogP contribution in [0.2, 0.25) is 0 Å². The van der Waals surface area contributed by atoms with E-state index < -0.39 is 44.3 Å². The van der Waals surface area contributed by atoms with Crippen molar-refractivity contribution in [2.24, 2.45) is 0 Å². The molecule has 0 amide bonds. The van der Waals surface area contributed by atoms with E-state index in [0.717, 1.165) is 22.3 Å². The zero-order valence-corrected chi connectivity index (χ0v) is 31.1. The first-order chi connectivity index (χ1) is 26.6. The highest BCUT2D eigenvalue weighted by atomic mass is 32.2. The average Bonchev–Trinajstić information content (AvgIpc) is 3.18. The van der Waals surface area contributed by atoms with Gasteiger partial charge in [0.25, 0.3) is 20.2 Å². The molecular weight excluding hydrogens is 750 g/mol. The van der Waals surface area contributed by atoms with Crippen LogP contribution in [0.15, 0.2) is 143 Å². The Hall–Kier alpha value is -5.67. The fourth-order valence-electron chi connectivity index (χ4n) is 5.85. The van der Waals surface area contributed by atoms with Gasteiger partial charge in [-0.3, -0.25) is 9.11 Å². The molecule has 0 bridgehead atoms. The second-order valence-corrected chi connectivity index (χ2v) is 15.6. The first kappa shape index (κ1) is 40.0. The van der Waals surface area contributed by atoms with Crippen LogP contribution in [0, 0.1) is 0 Å². The Morgan fingerprint density at radius 2 is 0.625 bits per heavy atom. The molecule has 0 heterocycles. The Morgan fingerprint density at radius 3 is 0.893 bits per heavy atom. The molecule has 0 fully saturated rings. The third-order valence-corrected chi connectivity index (χ3v) is 10.7. The second kappa shape index (κ2) is 17.0. The van der Waals surface area contributed by atoms with Crippen molar-refractivity contribution in [2.45, 2.75) is 9.79 Å². The van der Waals surface area contributed by atoms with Gasteiger partial charge in [-0.05, 0) is 78.7 Å². The molecule has 56 heavy (non-hydrogen) atoms. The van der Waals surface area contributed by atoms with Crippen molar-refractivity contribution in [2.75, 3.05) is 0 Å². The SMILES string of the molecule is O=S(=O)(O)c1cc(-c2ccc(/C=C/c3ccc(B(O)O)cc3)cc2)ccc1/C=C/c1ccc(-c2ccc(/C=C/c3ccc(B(O)O)cc3)cc2)cc1S(=O)(=O)O. The van der Waals surface area contributed by atoms with Crippen LogP contribution in [0.25, 0.3) is 58.7 Å². The van der Waals surface area contributed by atoms with Gasteiger partial charge in [0.2, 0.25) is 0 Å². The summed E-state index contributed by atoms with van der Waals surface area (Å²) < 4.78 is 70.3. The molecule has 0 saturated carbocycles. The van der Waals surface area contributed by atoms with Crippen molar-refractivity contribution in [3.8, 4) is 22.3 Å². The summed E-state index contributed by atoms with van der Waals surface area (Å²) in [7, 11) is -12.5. The molecule has 0 unspecified atom stereocenters. The minimum Gasteiger partial charge on any atom is -0.423 e. The van der Waals surface area contributed by atoms with E-state index in [2.05, 4.69) is 0 Å². The van der Waals surface area contributed by atoms with E-state index in [1.807, 2.05) is 48.6 Å². The summed E-state index contributed by atoms with van der Waals surface area (Å²) in [5.74, 6) is 0. The van der Waals surface area contributed by atoms with Gasteiger partial charge in [-0.2, -0.15) is 16.8 Å². The molecule has 0 aliphatic rings. The average molecular weight is 784 g/mol. The molecule has 0 spiro atoms. The fraction of sp³-hybridized carbons (Fsp3) is 0. The zero-order valence-electron chi connectivity index (χ0n) is 29.5. The lowest BCUT2D eigenvalue weighted by Gasteiger charge is -2.10. The quantitative estimate of drug-likeness (QED) is 0.0534. The van der Waals surface area contributed by atoms with Crippen LogP contribution < -0.4 is 10.9 Å². The standard InChI is InChI=1S/C42H34B2O10S2/c45-43(46)39-23-9-31(10-24-39)3-1-29-5-13-33(14-6-29)37-21-19-35(41(27-37)55(49,50)51)17-18-36-20-22-38(28-42(36)56(52,53)54)34-15-7-30(8-16-34)2-4-32-11-25-40(26-12-32)44(47)48/h1-28,45-48H,(H,49,50,51)(H,52,53,54)/b3-1+,4-2+,18-17+. The number of rotatable bonds is 12. The van der Waals surface area contributed by atoms with Gasteiger partial charge >= 0.3 is 14.2 Å². The largest absolute Gasteiger partial charge is 0.488 e. The van der Waals surface area contributed by atoms with E-state index in [0.29, 0.717) is 33.2 Å². The van der Waals surface area contributed by atoms with Crippen LogP contribution >= 0.6 is 0 Å². The van der Waals surface area contributed by atoms with Crippen molar-refractivity contribution >= 4 is 81.9 Å². The molecule has 6 N–H and O–H groups in total. The van der Waals surface area contributed by atoms with Gasteiger partial charge in [0, 0.05) is 0 Å². The zero-order chi connectivity index (χ0) is 40.0. The molecule has 0 aliphatic carbocycles. The highest BCUT2D eigenvalue weighted by molar-refractivity contribution is 7.86. The van der Waals surface area contributed by atoms with E-state index in [4.69, 9.17) is 0 Å². The van der Waals surface area contributed by atoms with Crippen LogP contribution in [0.5, 0.6) is 0 Å². The van der Waals surface area contributed by atoms with Crippen LogP contribution in [0.1, 0.15) is 33.4 Å². The molecule has 0 saturated heterocycles. The lowest BCUT2D eigenvalue weighted by atomic mass is 9.80. The van der Waals surface area contributed by atoms with Crippen molar-refractivity contribution in [3.63, 3.8) is 0 Å². The molecule has 6 aromatic rings. The van der Waals surface area contributed by atoms with Crippen molar-refractivity contribution in [3.05, 3.63) is 167 Å². The topological polar surface area (TPSA) is 190 Å². The molecule has 280 valence electrons. The normalized spacial score (nSPS) is 12.2. The predicted molar refractivity (Wildman–Crippen MR) is 223 cm³/mol. The number of hydrogen-bond donors (Lipinski definition) is 6. The Balaban J connectivity index is 1.21. The Kier molecular flexibility index (Phi) is 12.1. The summed E-state index contributed by atoms with van der Waals surface area (Å²) in [6, 6.07) is 36.9. The summed E-state index contributed by atoms with van der Waals surface area (Å²) in [4.78, 5) is -0.793. The van der Waals surface area contributed by atoms with E-state index in [-0.39, 0.29) is 11.1 Å². The molecule has 6 rings (SSSR count). The molecule has 14 heteroatoms. The molecule has 10 nitrogen and oxygen atoms in total. The molecule has 0 radical (unpaired) electrons. The first-order valence-corrected chi connectivity index (χ1v) is 19.9.